The molecule has 1 aliphatic rings. The van der Waals surface area contributed by atoms with Gasteiger partial charge in [-0.1, -0.05) is 31.9 Å². The summed E-state index contributed by atoms with van der Waals surface area (Å²) in [5.41, 5.74) is 0.188. The second-order valence-electron chi connectivity index (χ2n) is 7.92. The van der Waals surface area contributed by atoms with E-state index in [1.807, 2.05) is 0 Å². The predicted molar refractivity (Wildman–Crippen MR) is 139 cm³/mol. The highest BCUT2D eigenvalue weighted by atomic mass is 79.9. The first-order valence-electron chi connectivity index (χ1n) is 10.7. The summed E-state index contributed by atoms with van der Waals surface area (Å²) >= 11 is 6.63. The van der Waals surface area contributed by atoms with Gasteiger partial charge in [0.05, 0.1) is 37.0 Å². The molecule has 0 aliphatic carbocycles. The molecule has 0 radical (unpaired) electrons. The van der Waals surface area contributed by atoms with Crippen molar-refractivity contribution in [1.82, 2.24) is 16.0 Å². The maximum absolute atomic E-state index is 13.3. The summed E-state index contributed by atoms with van der Waals surface area (Å²) in [4.78, 5) is 51.2. The second kappa shape index (κ2) is 12.6. The molecule has 2 amide bonds. The number of amides is 2. The number of nitrogens with zero attached hydrogens (tertiary/aromatic N) is 2. The quantitative estimate of drug-likeness (QED) is 0.205. The van der Waals surface area contributed by atoms with Crippen LogP contribution in [0, 0.1) is 10.1 Å². The Morgan fingerprint density at radius 2 is 1.89 bits per heavy atom. The second-order valence-corrected chi connectivity index (χ2v) is 9.75. The monoisotopic (exact) mass is 642 g/mol. The molecule has 0 bridgehead atoms. The lowest BCUT2D eigenvalue weighted by Gasteiger charge is -2.19. The standard InChI is InChI=1S/C22H21Br2FN6O6/c23-13-1-11(2-14(24)5-13)18(7-20(33)34)30-19(32)10-26-21(35)12-3-16(6-17(4-12)31(36)37)29-22-27-8-15(25)9-28-22/h1-6,15,18H,7-10H2,(H,26,35)(H,30,32)(H,33,34)(H2,27,28,29)/t18-/m1/s1. The summed E-state index contributed by atoms with van der Waals surface area (Å²) in [6.45, 7) is -0.572. The summed E-state index contributed by atoms with van der Waals surface area (Å²) < 4.78 is 14.6. The molecule has 0 spiro atoms. The molecule has 12 nitrogen and oxygen atoms in total. The number of benzene rings is 2. The number of carbonyl (C=O) groups excluding carboxylic acids is 2. The van der Waals surface area contributed by atoms with Crippen LogP contribution in [0.1, 0.15) is 28.4 Å². The van der Waals surface area contributed by atoms with Gasteiger partial charge in [0, 0.05) is 32.3 Å². The van der Waals surface area contributed by atoms with Crippen LogP contribution in [0.3, 0.4) is 0 Å². The van der Waals surface area contributed by atoms with E-state index in [-0.39, 0.29) is 36.0 Å². The van der Waals surface area contributed by atoms with Crippen LogP contribution >= 0.6 is 31.9 Å². The van der Waals surface area contributed by atoms with E-state index in [0.29, 0.717) is 14.5 Å². The Labute approximate surface area is 226 Å². The van der Waals surface area contributed by atoms with Crippen LogP contribution in [0.25, 0.3) is 0 Å². The molecular weight excluding hydrogens is 623 g/mol. The minimum absolute atomic E-state index is 0.0168. The SMILES string of the molecule is O=C(O)C[C@@H](NC(=O)CNC(=O)c1cc(NC2=NCC(F)CN2)cc([N+](=O)[O-])c1)c1cc(Br)cc(Br)c1. The van der Waals surface area contributed by atoms with Crippen LogP contribution in [0.4, 0.5) is 15.8 Å². The minimum atomic E-state index is -1.15. The number of carboxylic acids is 1. The largest absolute Gasteiger partial charge is 0.481 e. The number of aliphatic imine (C=N–C) groups is 1. The molecule has 1 aliphatic heterocycles. The molecule has 1 heterocycles. The number of non-ortho nitro benzene ring substituents is 1. The van der Waals surface area contributed by atoms with Gasteiger partial charge in [0.15, 0.2) is 5.96 Å². The van der Waals surface area contributed by atoms with Crippen LogP contribution in [0.2, 0.25) is 0 Å². The number of alkyl halides is 1. The number of hydrogen-bond donors (Lipinski definition) is 5. The van der Waals surface area contributed by atoms with Crippen molar-refractivity contribution in [2.45, 2.75) is 18.6 Å². The number of anilines is 1. The highest BCUT2D eigenvalue weighted by Gasteiger charge is 2.21. The summed E-state index contributed by atoms with van der Waals surface area (Å²) in [7, 11) is 0. The fraction of sp³-hybridized carbons (Fsp3) is 0.273. The Kier molecular flexibility index (Phi) is 9.52. The van der Waals surface area contributed by atoms with Crippen molar-refractivity contribution in [3.8, 4) is 0 Å². The average Bonchev–Trinajstić information content (AvgIpc) is 2.82. The maximum Gasteiger partial charge on any atom is 0.305 e. The van der Waals surface area contributed by atoms with Gasteiger partial charge in [0.25, 0.3) is 11.6 Å². The average molecular weight is 644 g/mol. The van der Waals surface area contributed by atoms with Crippen LogP contribution in [-0.2, 0) is 9.59 Å². The number of nitrogens with one attached hydrogen (secondary N) is 4. The van der Waals surface area contributed by atoms with Crippen molar-refractivity contribution in [2.75, 3.05) is 25.0 Å². The summed E-state index contributed by atoms with van der Waals surface area (Å²) in [5, 5.41) is 31.0. The fourth-order valence-corrected chi connectivity index (χ4v) is 4.70. The highest BCUT2D eigenvalue weighted by molar-refractivity contribution is 9.11. The predicted octanol–water partition coefficient (Wildman–Crippen LogP) is 2.89. The van der Waals surface area contributed by atoms with E-state index in [2.05, 4.69) is 58.1 Å². The number of carboxylic acid groups (broad SMARTS) is 1. The first kappa shape index (κ1) is 28.0. The Hall–Kier alpha value is -3.59. The summed E-state index contributed by atoms with van der Waals surface area (Å²) in [6, 6.07) is 7.73. The van der Waals surface area contributed by atoms with Gasteiger partial charge in [-0.25, -0.2) is 9.38 Å². The number of aliphatic carboxylic acids is 1. The van der Waals surface area contributed by atoms with Gasteiger partial charge in [-0.2, -0.15) is 0 Å². The van der Waals surface area contributed by atoms with Crippen molar-refractivity contribution in [1.29, 1.82) is 0 Å². The fourth-order valence-electron chi connectivity index (χ4n) is 3.37. The Morgan fingerprint density at radius 1 is 1.19 bits per heavy atom. The van der Waals surface area contributed by atoms with Gasteiger partial charge in [-0.3, -0.25) is 24.5 Å². The molecule has 3 rings (SSSR count). The topological polar surface area (TPSA) is 175 Å². The number of rotatable bonds is 9. The molecule has 0 saturated carbocycles. The molecule has 2 aromatic carbocycles. The lowest BCUT2D eigenvalue weighted by Crippen LogP contribution is -2.41. The molecule has 1 unspecified atom stereocenters. The smallest absolute Gasteiger partial charge is 0.305 e. The zero-order valence-corrected chi connectivity index (χ0v) is 22.1. The van der Waals surface area contributed by atoms with E-state index < -0.39 is 47.9 Å². The maximum atomic E-state index is 13.3. The first-order valence-corrected chi connectivity index (χ1v) is 12.3. The minimum Gasteiger partial charge on any atom is -0.481 e. The molecule has 2 aromatic rings. The molecule has 37 heavy (non-hydrogen) atoms. The van der Waals surface area contributed by atoms with E-state index in [0.717, 1.165) is 6.07 Å². The normalized spacial score (nSPS) is 15.5. The van der Waals surface area contributed by atoms with Crippen LogP contribution in [0.5, 0.6) is 0 Å². The van der Waals surface area contributed by atoms with Crippen molar-refractivity contribution in [3.05, 3.63) is 66.6 Å². The number of halogens is 3. The lowest BCUT2D eigenvalue weighted by molar-refractivity contribution is -0.384. The first-order chi connectivity index (χ1) is 17.5. The van der Waals surface area contributed by atoms with Crippen molar-refractivity contribution in [2.24, 2.45) is 4.99 Å². The van der Waals surface area contributed by atoms with Gasteiger partial charge in [0.1, 0.15) is 6.17 Å². The van der Waals surface area contributed by atoms with Gasteiger partial charge >= 0.3 is 5.97 Å². The van der Waals surface area contributed by atoms with Gasteiger partial charge in [-0.15, -0.1) is 0 Å². The zero-order valence-electron chi connectivity index (χ0n) is 19.0. The Balaban J connectivity index is 1.69. The Bertz CT molecular complexity index is 1240. The molecule has 0 saturated heterocycles. The zero-order chi connectivity index (χ0) is 27.1. The number of carbonyl (C=O) groups is 3. The molecule has 15 heteroatoms. The number of guanidine groups is 1. The van der Waals surface area contributed by atoms with Crippen molar-refractivity contribution in [3.63, 3.8) is 0 Å². The molecule has 2 atom stereocenters. The van der Waals surface area contributed by atoms with Gasteiger partial charge in [0.2, 0.25) is 5.91 Å². The number of hydrogen-bond acceptors (Lipinski definition) is 8. The van der Waals surface area contributed by atoms with Crippen LogP contribution < -0.4 is 21.3 Å². The third-order valence-corrected chi connectivity index (χ3v) is 5.92. The summed E-state index contributed by atoms with van der Waals surface area (Å²) in [5.74, 6) is -2.38. The third-order valence-electron chi connectivity index (χ3n) is 5.00. The van der Waals surface area contributed by atoms with Crippen molar-refractivity contribution >= 4 is 67.0 Å². The van der Waals surface area contributed by atoms with E-state index in [9.17, 15) is 34.0 Å². The van der Waals surface area contributed by atoms with Gasteiger partial charge < -0.3 is 26.4 Å². The van der Waals surface area contributed by atoms with E-state index in [1.54, 1.807) is 18.2 Å². The van der Waals surface area contributed by atoms with Crippen LogP contribution in [0.15, 0.2) is 50.3 Å². The van der Waals surface area contributed by atoms with Crippen molar-refractivity contribution < 1.29 is 28.8 Å². The molecule has 196 valence electrons. The molecule has 5 N–H and O–H groups in total. The molecule has 0 fully saturated rings. The lowest BCUT2D eigenvalue weighted by atomic mass is 10.0. The number of nitro benzene ring substituents is 1. The Morgan fingerprint density at radius 3 is 2.49 bits per heavy atom. The third kappa shape index (κ3) is 8.49. The van der Waals surface area contributed by atoms with Gasteiger partial charge in [-0.05, 0) is 29.8 Å². The van der Waals surface area contributed by atoms with E-state index >= 15 is 0 Å². The number of nitro groups is 1. The van der Waals surface area contributed by atoms with E-state index in [4.69, 9.17) is 0 Å². The van der Waals surface area contributed by atoms with E-state index in [1.165, 1.54) is 12.1 Å². The highest BCUT2D eigenvalue weighted by Crippen LogP contribution is 2.26. The van der Waals surface area contributed by atoms with Crippen LogP contribution in [-0.4, -0.2) is 59.6 Å². The molecular formula is C22H21Br2FN6O6. The summed E-state index contributed by atoms with van der Waals surface area (Å²) in [6.07, 6.45) is -1.55. The molecule has 0 aromatic heterocycles.